The lowest BCUT2D eigenvalue weighted by Crippen LogP contribution is -2.17. The van der Waals surface area contributed by atoms with E-state index in [-0.39, 0.29) is 24.8 Å². The predicted molar refractivity (Wildman–Crippen MR) is 95.1 cm³/mol. The summed E-state index contributed by atoms with van der Waals surface area (Å²) < 4.78 is 2.31. The monoisotopic (exact) mass is 341 g/mol. The fraction of sp³-hybridized carbons (Fsp3) is 0.333. The third kappa shape index (κ3) is 3.61. The van der Waals surface area contributed by atoms with Crippen molar-refractivity contribution in [2.45, 2.75) is 13.5 Å². The zero-order valence-corrected chi connectivity index (χ0v) is 14.5. The van der Waals surface area contributed by atoms with Gasteiger partial charge in [0.25, 0.3) is 0 Å². The fourth-order valence-corrected chi connectivity index (χ4v) is 2.47. The molecule has 0 unspecified atom stereocenters. The van der Waals surface area contributed by atoms with Crippen LogP contribution in [0.2, 0.25) is 0 Å². The first kappa shape index (κ1) is 18.5. The summed E-state index contributed by atoms with van der Waals surface area (Å²) in [5.41, 5.74) is 4.54. The number of halogens is 2. The number of likely N-dealkylation sites (N-methyl/N-ethyl adjacent to an activating group) is 1. The highest BCUT2D eigenvalue weighted by molar-refractivity contribution is 5.87. The van der Waals surface area contributed by atoms with Crippen molar-refractivity contribution in [1.29, 1.82) is 0 Å². The molecule has 0 spiro atoms. The molecule has 0 aliphatic rings. The number of benzene rings is 1. The van der Waals surface area contributed by atoms with Gasteiger partial charge in [-0.25, -0.2) is 0 Å². The minimum absolute atomic E-state index is 0. The predicted octanol–water partition coefficient (Wildman–Crippen LogP) is 3.14. The normalized spacial score (nSPS) is 10.5. The molecule has 3 aromatic rings. The van der Waals surface area contributed by atoms with Gasteiger partial charge in [0.1, 0.15) is 5.69 Å². The first-order chi connectivity index (χ1) is 9.65. The van der Waals surface area contributed by atoms with Gasteiger partial charge in [-0.1, -0.05) is 12.1 Å². The van der Waals surface area contributed by atoms with E-state index in [9.17, 15) is 0 Å². The summed E-state index contributed by atoms with van der Waals surface area (Å²) in [6.45, 7) is 4.17. The zero-order chi connectivity index (χ0) is 14.1. The minimum Gasteiger partial charge on any atom is -0.346 e. The largest absolute Gasteiger partial charge is 0.346 e. The highest BCUT2D eigenvalue weighted by Gasteiger charge is 2.08. The number of nitrogens with zero attached hydrogens (tertiary/aromatic N) is 4. The SMILES string of the molecule is Cc1cn(CCN(C)C)c2cc(-c3cn[nH]n3)ccc12.Cl.Cl. The van der Waals surface area contributed by atoms with E-state index < -0.39 is 0 Å². The summed E-state index contributed by atoms with van der Waals surface area (Å²) in [6.07, 6.45) is 3.97. The van der Waals surface area contributed by atoms with E-state index in [1.807, 2.05) is 0 Å². The Morgan fingerprint density at radius 2 is 2.00 bits per heavy atom. The summed E-state index contributed by atoms with van der Waals surface area (Å²) in [5.74, 6) is 0. The van der Waals surface area contributed by atoms with Gasteiger partial charge in [-0.15, -0.1) is 24.8 Å². The van der Waals surface area contributed by atoms with Crippen molar-refractivity contribution in [2.75, 3.05) is 20.6 Å². The van der Waals surface area contributed by atoms with Gasteiger partial charge in [0.05, 0.1) is 6.20 Å². The smallest absolute Gasteiger partial charge is 0.112 e. The second-order valence-corrected chi connectivity index (χ2v) is 5.40. The molecule has 0 radical (unpaired) electrons. The van der Waals surface area contributed by atoms with Crippen LogP contribution >= 0.6 is 24.8 Å². The molecule has 0 aliphatic heterocycles. The number of aromatic amines is 1. The van der Waals surface area contributed by atoms with E-state index in [4.69, 9.17) is 0 Å². The first-order valence-electron chi connectivity index (χ1n) is 6.75. The molecule has 0 saturated heterocycles. The topological polar surface area (TPSA) is 49.7 Å². The molecule has 5 nitrogen and oxygen atoms in total. The van der Waals surface area contributed by atoms with Crippen molar-refractivity contribution >= 4 is 35.7 Å². The molecule has 0 fully saturated rings. The third-order valence-electron chi connectivity index (χ3n) is 3.58. The molecular formula is C15H21Cl2N5. The molecule has 0 saturated carbocycles. The van der Waals surface area contributed by atoms with Crippen LogP contribution in [-0.4, -0.2) is 45.5 Å². The Morgan fingerprint density at radius 3 is 2.64 bits per heavy atom. The van der Waals surface area contributed by atoms with Crippen LogP contribution in [0.25, 0.3) is 22.2 Å². The van der Waals surface area contributed by atoms with Crippen LogP contribution in [0.3, 0.4) is 0 Å². The van der Waals surface area contributed by atoms with E-state index in [0.29, 0.717) is 0 Å². The van der Waals surface area contributed by atoms with Gasteiger partial charge in [-0.2, -0.15) is 15.4 Å². The first-order valence-corrected chi connectivity index (χ1v) is 6.75. The van der Waals surface area contributed by atoms with Gasteiger partial charge in [-0.3, -0.25) is 0 Å². The van der Waals surface area contributed by atoms with Crippen LogP contribution in [0.15, 0.2) is 30.6 Å². The number of aryl methyl sites for hydroxylation is 1. The zero-order valence-electron chi connectivity index (χ0n) is 12.9. The number of aromatic nitrogens is 4. The number of nitrogens with one attached hydrogen (secondary N) is 1. The van der Waals surface area contributed by atoms with Gasteiger partial charge in [0.15, 0.2) is 0 Å². The van der Waals surface area contributed by atoms with Gasteiger partial charge in [0, 0.05) is 35.8 Å². The molecule has 2 heterocycles. The van der Waals surface area contributed by atoms with E-state index in [0.717, 1.165) is 24.3 Å². The van der Waals surface area contributed by atoms with Crippen LogP contribution in [0.4, 0.5) is 0 Å². The highest BCUT2D eigenvalue weighted by atomic mass is 35.5. The lowest BCUT2D eigenvalue weighted by Gasteiger charge is -2.11. The molecule has 7 heteroatoms. The quantitative estimate of drug-likeness (QED) is 0.792. The summed E-state index contributed by atoms with van der Waals surface area (Å²) >= 11 is 0. The Morgan fingerprint density at radius 1 is 1.23 bits per heavy atom. The number of hydrogen-bond donors (Lipinski definition) is 1. The van der Waals surface area contributed by atoms with Crippen LogP contribution in [0.5, 0.6) is 0 Å². The van der Waals surface area contributed by atoms with Crippen molar-refractivity contribution in [1.82, 2.24) is 24.9 Å². The molecule has 1 aromatic carbocycles. The van der Waals surface area contributed by atoms with Crippen LogP contribution in [0, 0.1) is 6.92 Å². The number of fused-ring (bicyclic) bond motifs is 1. The molecule has 22 heavy (non-hydrogen) atoms. The second-order valence-electron chi connectivity index (χ2n) is 5.40. The molecule has 2 aromatic heterocycles. The Balaban J connectivity index is 0.00000121. The third-order valence-corrected chi connectivity index (χ3v) is 3.58. The molecule has 3 rings (SSSR count). The van der Waals surface area contributed by atoms with Crippen molar-refractivity contribution in [3.8, 4) is 11.3 Å². The number of hydrogen-bond acceptors (Lipinski definition) is 3. The maximum absolute atomic E-state index is 4.15. The molecule has 120 valence electrons. The second kappa shape index (κ2) is 7.63. The van der Waals surface area contributed by atoms with E-state index in [1.165, 1.54) is 16.5 Å². The van der Waals surface area contributed by atoms with Crippen molar-refractivity contribution < 1.29 is 0 Å². The molecule has 0 amide bonds. The van der Waals surface area contributed by atoms with Crippen molar-refractivity contribution in [2.24, 2.45) is 0 Å². The summed E-state index contributed by atoms with van der Waals surface area (Å²) in [5, 5.41) is 12.0. The summed E-state index contributed by atoms with van der Waals surface area (Å²) in [6, 6.07) is 6.46. The fourth-order valence-electron chi connectivity index (χ4n) is 2.47. The highest BCUT2D eigenvalue weighted by Crippen LogP contribution is 2.26. The Bertz CT molecular complexity index is 719. The molecule has 0 bridgehead atoms. The molecular weight excluding hydrogens is 321 g/mol. The standard InChI is InChI=1S/C15H19N5.2ClH/c1-11-10-20(7-6-19(2)3)15-8-12(4-5-13(11)15)14-9-16-18-17-14;;/h4-5,8-10H,6-7H2,1-3H3,(H,16,17,18);2*1H. The van der Waals surface area contributed by atoms with Crippen molar-refractivity contribution in [3.63, 3.8) is 0 Å². The Hall–Kier alpha value is -1.56. The van der Waals surface area contributed by atoms with Crippen LogP contribution in [0.1, 0.15) is 5.56 Å². The Kier molecular flexibility index (Phi) is 6.41. The summed E-state index contributed by atoms with van der Waals surface area (Å²) in [7, 11) is 4.19. The Labute approximate surface area is 142 Å². The number of H-pyrrole nitrogens is 1. The van der Waals surface area contributed by atoms with E-state index in [2.05, 4.69) is 70.3 Å². The minimum atomic E-state index is 0. The van der Waals surface area contributed by atoms with Gasteiger partial charge in [0.2, 0.25) is 0 Å². The molecule has 1 N–H and O–H groups in total. The lowest BCUT2D eigenvalue weighted by atomic mass is 10.1. The van der Waals surface area contributed by atoms with Crippen LogP contribution in [-0.2, 0) is 6.54 Å². The average molecular weight is 342 g/mol. The van der Waals surface area contributed by atoms with E-state index >= 15 is 0 Å². The lowest BCUT2D eigenvalue weighted by molar-refractivity contribution is 0.387. The van der Waals surface area contributed by atoms with Crippen LogP contribution < -0.4 is 0 Å². The average Bonchev–Trinajstić information content (AvgIpc) is 3.05. The van der Waals surface area contributed by atoms with Gasteiger partial charge >= 0.3 is 0 Å². The van der Waals surface area contributed by atoms with Crippen molar-refractivity contribution in [3.05, 3.63) is 36.2 Å². The van der Waals surface area contributed by atoms with Gasteiger partial charge < -0.3 is 9.47 Å². The molecule has 0 atom stereocenters. The maximum atomic E-state index is 4.15. The van der Waals surface area contributed by atoms with Gasteiger partial charge in [-0.05, 0) is 32.6 Å². The number of rotatable bonds is 4. The maximum Gasteiger partial charge on any atom is 0.112 e. The van der Waals surface area contributed by atoms with E-state index in [1.54, 1.807) is 6.20 Å². The molecule has 0 aliphatic carbocycles. The summed E-state index contributed by atoms with van der Waals surface area (Å²) in [4.78, 5) is 2.20.